The number of aryl methyl sites for hydroxylation is 1. The van der Waals surface area contributed by atoms with Gasteiger partial charge in [-0.3, -0.25) is 0 Å². The Morgan fingerprint density at radius 2 is 1.85 bits per heavy atom. The lowest BCUT2D eigenvalue weighted by Gasteiger charge is -2.04. The molecule has 0 aliphatic heterocycles. The molecule has 108 valence electrons. The molecule has 0 unspecified atom stereocenters. The number of hydrogen-bond donors (Lipinski definition) is 1. The zero-order valence-corrected chi connectivity index (χ0v) is 11.5. The first-order valence-corrected chi connectivity index (χ1v) is 6.46. The van der Waals surface area contributed by atoms with Gasteiger partial charge in [0.1, 0.15) is 35.5 Å². The van der Waals surface area contributed by atoms with Crippen molar-refractivity contribution in [2.24, 2.45) is 0 Å². The Balaban J connectivity index is 2.00. The van der Waals surface area contributed by atoms with E-state index in [0.717, 1.165) is 42.6 Å². The molecule has 5 heteroatoms. The molecule has 1 aromatic carbocycles. The molecule has 0 amide bonds. The number of furan rings is 1. The first kappa shape index (κ1) is 14.5. The van der Waals surface area contributed by atoms with Crippen molar-refractivity contribution in [1.82, 2.24) is 5.32 Å². The predicted octanol–water partition coefficient (Wildman–Crippen LogP) is 3.55. The molecule has 1 aromatic heterocycles. The summed E-state index contributed by atoms with van der Waals surface area (Å²) in [6, 6.07) is 4.96. The summed E-state index contributed by atoms with van der Waals surface area (Å²) in [5.41, 5.74) is 1.05. The van der Waals surface area contributed by atoms with E-state index in [2.05, 4.69) is 5.32 Å². The van der Waals surface area contributed by atoms with Crippen molar-refractivity contribution in [1.29, 1.82) is 0 Å². The van der Waals surface area contributed by atoms with E-state index in [9.17, 15) is 8.78 Å². The predicted molar refractivity (Wildman–Crippen MR) is 71.5 cm³/mol. The minimum absolute atomic E-state index is 0.135. The molecule has 0 fully saturated rings. The molecule has 0 aliphatic rings. The highest BCUT2D eigenvalue weighted by Gasteiger charge is 2.08. The highest BCUT2D eigenvalue weighted by molar-refractivity contribution is 5.25. The second-order valence-corrected chi connectivity index (χ2v) is 4.47. The zero-order valence-electron chi connectivity index (χ0n) is 11.5. The molecule has 3 nitrogen and oxygen atoms in total. The van der Waals surface area contributed by atoms with Crippen molar-refractivity contribution in [3.63, 3.8) is 0 Å². The molecular weight excluding hydrogens is 264 g/mol. The maximum Gasteiger partial charge on any atom is 0.146 e. The molecule has 0 atom stereocenters. The molecule has 2 aromatic rings. The Morgan fingerprint density at radius 3 is 2.50 bits per heavy atom. The lowest BCUT2D eigenvalue weighted by molar-refractivity contribution is 0.265. The first-order valence-electron chi connectivity index (χ1n) is 6.46. The highest BCUT2D eigenvalue weighted by Crippen LogP contribution is 2.19. The maximum absolute atomic E-state index is 13.0. The second kappa shape index (κ2) is 6.52. The molecule has 0 radical (unpaired) electrons. The Kier molecular flexibility index (Phi) is 4.74. The van der Waals surface area contributed by atoms with Gasteiger partial charge in [0.15, 0.2) is 0 Å². The van der Waals surface area contributed by atoms with Crippen LogP contribution in [0.4, 0.5) is 8.78 Å². The third kappa shape index (κ3) is 3.81. The van der Waals surface area contributed by atoms with Crippen molar-refractivity contribution in [2.45, 2.75) is 27.0 Å². The Bertz CT molecular complexity index is 561. The van der Waals surface area contributed by atoms with Gasteiger partial charge < -0.3 is 14.5 Å². The molecule has 0 aliphatic carbocycles. The van der Waals surface area contributed by atoms with Crippen LogP contribution in [0.15, 0.2) is 28.7 Å². The summed E-state index contributed by atoms with van der Waals surface area (Å²) >= 11 is 0. The van der Waals surface area contributed by atoms with Gasteiger partial charge in [-0.05, 0) is 19.5 Å². The average Bonchev–Trinajstić information content (AvgIpc) is 2.73. The van der Waals surface area contributed by atoms with Crippen molar-refractivity contribution in [3.8, 4) is 5.75 Å². The molecule has 0 bridgehead atoms. The number of halogens is 2. The van der Waals surface area contributed by atoms with Crippen molar-refractivity contribution >= 4 is 0 Å². The van der Waals surface area contributed by atoms with Crippen LogP contribution in [-0.2, 0) is 13.2 Å². The van der Waals surface area contributed by atoms with E-state index >= 15 is 0 Å². The summed E-state index contributed by atoms with van der Waals surface area (Å²) < 4.78 is 36.9. The van der Waals surface area contributed by atoms with Gasteiger partial charge >= 0.3 is 0 Å². The fraction of sp³-hybridized carbons (Fsp3) is 0.333. The van der Waals surface area contributed by atoms with Crippen LogP contribution in [0.1, 0.15) is 24.0 Å². The molecule has 0 saturated carbocycles. The van der Waals surface area contributed by atoms with Crippen LogP contribution >= 0.6 is 0 Å². The van der Waals surface area contributed by atoms with E-state index in [1.165, 1.54) is 0 Å². The molecule has 0 spiro atoms. The lowest BCUT2D eigenvalue weighted by atomic mass is 10.2. The minimum Gasteiger partial charge on any atom is -0.485 e. The van der Waals surface area contributed by atoms with E-state index in [1.54, 1.807) is 0 Å². The largest absolute Gasteiger partial charge is 0.485 e. The van der Waals surface area contributed by atoms with Crippen molar-refractivity contribution in [2.75, 3.05) is 6.54 Å². The van der Waals surface area contributed by atoms with Crippen LogP contribution in [0.25, 0.3) is 0 Å². The summed E-state index contributed by atoms with van der Waals surface area (Å²) in [4.78, 5) is 0. The van der Waals surface area contributed by atoms with Gasteiger partial charge in [0, 0.05) is 30.3 Å². The number of benzene rings is 1. The zero-order chi connectivity index (χ0) is 14.5. The smallest absolute Gasteiger partial charge is 0.146 e. The monoisotopic (exact) mass is 281 g/mol. The quantitative estimate of drug-likeness (QED) is 0.879. The maximum atomic E-state index is 13.0. The van der Waals surface area contributed by atoms with E-state index in [0.29, 0.717) is 5.76 Å². The van der Waals surface area contributed by atoms with Crippen LogP contribution in [0.3, 0.4) is 0 Å². The highest BCUT2D eigenvalue weighted by atomic mass is 19.1. The van der Waals surface area contributed by atoms with Gasteiger partial charge in [-0.25, -0.2) is 8.78 Å². The third-order valence-electron chi connectivity index (χ3n) is 2.85. The summed E-state index contributed by atoms with van der Waals surface area (Å²) in [6.45, 7) is 5.63. The second-order valence-electron chi connectivity index (χ2n) is 4.47. The molecular formula is C15H17F2NO2. The van der Waals surface area contributed by atoms with E-state index in [1.807, 2.05) is 19.9 Å². The summed E-state index contributed by atoms with van der Waals surface area (Å²) in [6.07, 6.45) is 0. The van der Waals surface area contributed by atoms with E-state index in [-0.39, 0.29) is 12.4 Å². The SMILES string of the molecule is CCNCc1cc(COc2cc(F)cc(F)c2)oc1C. The number of hydrogen-bond acceptors (Lipinski definition) is 3. The average molecular weight is 281 g/mol. The van der Waals surface area contributed by atoms with Gasteiger partial charge in [-0.1, -0.05) is 6.92 Å². The minimum atomic E-state index is -0.663. The Morgan fingerprint density at radius 1 is 1.15 bits per heavy atom. The Hall–Kier alpha value is -1.88. The normalized spacial score (nSPS) is 10.8. The van der Waals surface area contributed by atoms with Crippen LogP contribution in [-0.4, -0.2) is 6.54 Å². The van der Waals surface area contributed by atoms with Crippen LogP contribution < -0.4 is 10.1 Å². The molecule has 0 saturated heterocycles. The molecule has 1 heterocycles. The van der Waals surface area contributed by atoms with Gasteiger partial charge in [-0.2, -0.15) is 0 Å². The molecule has 1 N–H and O–H groups in total. The topological polar surface area (TPSA) is 34.4 Å². The van der Waals surface area contributed by atoms with Crippen molar-refractivity contribution in [3.05, 3.63) is 53.0 Å². The summed E-state index contributed by atoms with van der Waals surface area (Å²) in [7, 11) is 0. The number of rotatable bonds is 6. The fourth-order valence-electron chi connectivity index (χ4n) is 1.86. The lowest BCUT2D eigenvalue weighted by Crippen LogP contribution is -2.11. The summed E-state index contributed by atoms with van der Waals surface area (Å²) in [5.74, 6) is 0.256. The van der Waals surface area contributed by atoms with Crippen LogP contribution in [0.5, 0.6) is 5.75 Å². The fourth-order valence-corrected chi connectivity index (χ4v) is 1.86. The standard InChI is InChI=1S/C15H17F2NO2/c1-3-18-8-11-4-15(20-10(11)2)9-19-14-6-12(16)5-13(17)7-14/h4-7,18H,3,8-9H2,1-2H3. The third-order valence-corrected chi connectivity index (χ3v) is 2.85. The van der Waals surface area contributed by atoms with Crippen molar-refractivity contribution < 1.29 is 17.9 Å². The first-order chi connectivity index (χ1) is 9.58. The molecule has 20 heavy (non-hydrogen) atoms. The Labute approximate surface area is 116 Å². The van der Waals surface area contributed by atoms with Gasteiger partial charge in [0.05, 0.1) is 0 Å². The summed E-state index contributed by atoms with van der Waals surface area (Å²) in [5, 5.41) is 3.21. The van der Waals surface area contributed by atoms with Gasteiger partial charge in [0.25, 0.3) is 0 Å². The van der Waals surface area contributed by atoms with E-state index in [4.69, 9.17) is 9.15 Å². The van der Waals surface area contributed by atoms with Crippen LogP contribution in [0.2, 0.25) is 0 Å². The van der Waals surface area contributed by atoms with Gasteiger partial charge in [-0.15, -0.1) is 0 Å². The van der Waals surface area contributed by atoms with Gasteiger partial charge in [0.2, 0.25) is 0 Å². The van der Waals surface area contributed by atoms with E-state index < -0.39 is 11.6 Å². The van der Waals surface area contributed by atoms with Crippen LogP contribution in [0, 0.1) is 18.6 Å². The number of nitrogens with one attached hydrogen (secondary N) is 1. The number of ether oxygens (including phenoxy) is 1. The molecule has 2 rings (SSSR count).